The van der Waals surface area contributed by atoms with Gasteiger partial charge >= 0.3 is 12.0 Å². The molecule has 0 aliphatic rings. The third-order valence-corrected chi connectivity index (χ3v) is 3.03. The average molecular weight is 268 g/mol. The molecular formula is C13H17FN2O3. The molecule has 0 saturated heterocycles. The number of anilines is 1. The monoisotopic (exact) mass is 268 g/mol. The molecule has 5 nitrogen and oxygen atoms in total. The number of aliphatic carboxylic acids is 1. The van der Waals surface area contributed by atoms with E-state index in [9.17, 15) is 14.0 Å². The molecule has 1 atom stereocenters. The Labute approximate surface area is 110 Å². The van der Waals surface area contributed by atoms with E-state index in [1.54, 1.807) is 19.9 Å². The van der Waals surface area contributed by atoms with Crippen molar-refractivity contribution in [2.24, 2.45) is 0 Å². The molecule has 0 aromatic heterocycles. The van der Waals surface area contributed by atoms with Gasteiger partial charge in [0.2, 0.25) is 0 Å². The summed E-state index contributed by atoms with van der Waals surface area (Å²) in [5, 5.41) is 13.7. The third-order valence-electron chi connectivity index (χ3n) is 3.03. The van der Waals surface area contributed by atoms with E-state index >= 15 is 0 Å². The summed E-state index contributed by atoms with van der Waals surface area (Å²) in [7, 11) is 0. The number of nitrogens with one attached hydrogen (secondary N) is 2. The van der Waals surface area contributed by atoms with Gasteiger partial charge in [-0.2, -0.15) is 0 Å². The van der Waals surface area contributed by atoms with Crippen molar-refractivity contribution in [3.8, 4) is 0 Å². The molecule has 0 heterocycles. The van der Waals surface area contributed by atoms with Crippen LogP contribution in [0.1, 0.15) is 25.8 Å². The van der Waals surface area contributed by atoms with Gasteiger partial charge in [0.1, 0.15) is 11.4 Å². The van der Waals surface area contributed by atoms with Gasteiger partial charge in [-0.1, -0.05) is 19.1 Å². The fourth-order valence-electron chi connectivity index (χ4n) is 1.48. The summed E-state index contributed by atoms with van der Waals surface area (Å²) in [5.74, 6) is -1.71. The smallest absolute Gasteiger partial charge is 0.329 e. The van der Waals surface area contributed by atoms with Crippen molar-refractivity contribution in [3.63, 3.8) is 0 Å². The Kier molecular flexibility index (Phi) is 4.47. The van der Waals surface area contributed by atoms with Gasteiger partial charge < -0.3 is 15.7 Å². The summed E-state index contributed by atoms with van der Waals surface area (Å²) >= 11 is 0. The Bertz CT molecular complexity index is 484. The second kappa shape index (κ2) is 5.69. The zero-order valence-corrected chi connectivity index (χ0v) is 11.1. The molecule has 0 radical (unpaired) electrons. The topological polar surface area (TPSA) is 78.4 Å². The van der Waals surface area contributed by atoms with Gasteiger partial charge in [0.05, 0.1) is 5.69 Å². The maximum Gasteiger partial charge on any atom is 0.329 e. The number of halogens is 1. The van der Waals surface area contributed by atoms with E-state index in [0.29, 0.717) is 5.56 Å². The zero-order chi connectivity index (χ0) is 14.6. The SMILES string of the molecule is CCC(C)(NC(=O)Nc1c(C)cccc1F)C(=O)O. The van der Waals surface area contributed by atoms with Gasteiger partial charge in [-0.05, 0) is 31.9 Å². The molecule has 104 valence electrons. The molecule has 0 saturated carbocycles. The summed E-state index contributed by atoms with van der Waals surface area (Å²) in [5.41, 5.74) is -0.781. The van der Waals surface area contributed by atoms with E-state index in [0.717, 1.165) is 0 Å². The number of urea groups is 1. The Morgan fingerprint density at radius 1 is 1.42 bits per heavy atom. The highest BCUT2D eigenvalue weighted by Gasteiger charge is 2.32. The Hall–Kier alpha value is -2.11. The highest BCUT2D eigenvalue weighted by Crippen LogP contribution is 2.19. The molecular weight excluding hydrogens is 251 g/mol. The van der Waals surface area contributed by atoms with Crippen LogP contribution in [0.4, 0.5) is 14.9 Å². The van der Waals surface area contributed by atoms with Crippen molar-refractivity contribution in [1.82, 2.24) is 5.32 Å². The largest absolute Gasteiger partial charge is 0.480 e. The first-order valence-electron chi connectivity index (χ1n) is 5.88. The fraction of sp³-hybridized carbons (Fsp3) is 0.385. The number of carbonyl (C=O) groups excluding carboxylic acids is 1. The van der Waals surface area contributed by atoms with Crippen LogP contribution in [0.15, 0.2) is 18.2 Å². The van der Waals surface area contributed by atoms with E-state index in [4.69, 9.17) is 5.11 Å². The minimum absolute atomic E-state index is 0.0452. The number of benzene rings is 1. The summed E-state index contributed by atoms with van der Waals surface area (Å²) in [4.78, 5) is 22.8. The van der Waals surface area contributed by atoms with Crippen LogP contribution in [-0.2, 0) is 4.79 Å². The first-order chi connectivity index (χ1) is 8.80. The first-order valence-corrected chi connectivity index (χ1v) is 5.88. The summed E-state index contributed by atoms with van der Waals surface area (Å²) < 4.78 is 13.5. The number of carboxylic acids is 1. The van der Waals surface area contributed by atoms with Crippen LogP contribution in [0.5, 0.6) is 0 Å². The molecule has 1 aromatic carbocycles. The molecule has 3 N–H and O–H groups in total. The van der Waals surface area contributed by atoms with Crippen LogP contribution in [-0.4, -0.2) is 22.6 Å². The number of carboxylic acid groups (broad SMARTS) is 1. The molecule has 0 fully saturated rings. The zero-order valence-electron chi connectivity index (χ0n) is 11.1. The highest BCUT2D eigenvalue weighted by atomic mass is 19.1. The summed E-state index contributed by atoms with van der Waals surface area (Å²) in [6.45, 7) is 4.68. The maximum atomic E-state index is 13.5. The lowest BCUT2D eigenvalue weighted by Gasteiger charge is -2.25. The predicted octanol–water partition coefficient (Wildman–Crippen LogP) is 2.51. The first kappa shape index (κ1) is 14.9. The van der Waals surface area contributed by atoms with Crippen LogP contribution in [0, 0.1) is 12.7 Å². The third kappa shape index (κ3) is 3.43. The number of hydrogen-bond donors (Lipinski definition) is 3. The molecule has 0 aliphatic carbocycles. The number of aryl methyl sites for hydroxylation is 1. The minimum Gasteiger partial charge on any atom is -0.480 e. The van der Waals surface area contributed by atoms with E-state index in [1.807, 2.05) is 0 Å². The Balaban J connectivity index is 2.84. The normalized spacial score (nSPS) is 13.5. The van der Waals surface area contributed by atoms with Crippen LogP contribution >= 0.6 is 0 Å². The summed E-state index contributed by atoms with van der Waals surface area (Å²) in [6, 6.07) is 3.65. The van der Waals surface area contributed by atoms with Gasteiger partial charge in [0.25, 0.3) is 0 Å². The molecule has 2 amide bonds. The lowest BCUT2D eigenvalue weighted by molar-refractivity contribution is -0.143. The summed E-state index contributed by atoms with van der Waals surface area (Å²) in [6.07, 6.45) is 0.214. The van der Waals surface area contributed by atoms with Gasteiger partial charge in [-0.15, -0.1) is 0 Å². The lowest BCUT2D eigenvalue weighted by Crippen LogP contribution is -2.53. The molecule has 1 rings (SSSR count). The lowest BCUT2D eigenvalue weighted by atomic mass is 10.00. The quantitative estimate of drug-likeness (QED) is 0.785. The van der Waals surface area contributed by atoms with Crippen LogP contribution in [0.3, 0.4) is 0 Å². The number of amides is 2. The Morgan fingerprint density at radius 2 is 2.05 bits per heavy atom. The maximum absolute atomic E-state index is 13.5. The van der Waals surface area contributed by atoms with E-state index in [1.165, 1.54) is 19.1 Å². The second-order valence-corrected chi connectivity index (χ2v) is 4.50. The Morgan fingerprint density at radius 3 is 2.53 bits per heavy atom. The number of para-hydroxylation sites is 1. The van der Waals surface area contributed by atoms with Crippen LogP contribution in [0.2, 0.25) is 0 Å². The van der Waals surface area contributed by atoms with Crippen molar-refractivity contribution in [1.29, 1.82) is 0 Å². The van der Waals surface area contributed by atoms with E-state index in [-0.39, 0.29) is 12.1 Å². The van der Waals surface area contributed by atoms with Crippen LogP contribution in [0.25, 0.3) is 0 Å². The van der Waals surface area contributed by atoms with Crippen molar-refractivity contribution >= 4 is 17.7 Å². The van der Waals surface area contributed by atoms with Crippen molar-refractivity contribution in [2.75, 3.05) is 5.32 Å². The standard InChI is InChI=1S/C13H17FN2O3/c1-4-13(3,11(17)18)16-12(19)15-10-8(2)6-5-7-9(10)14/h5-7H,4H2,1-3H3,(H,17,18)(H2,15,16,19). The molecule has 0 spiro atoms. The minimum atomic E-state index is -1.39. The molecule has 0 bridgehead atoms. The molecule has 1 aromatic rings. The fourth-order valence-corrected chi connectivity index (χ4v) is 1.48. The van der Waals surface area contributed by atoms with E-state index < -0.39 is 23.4 Å². The van der Waals surface area contributed by atoms with Gasteiger partial charge in [-0.25, -0.2) is 14.0 Å². The van der Waals surface area contributed by atoms with Crippen molar-refractivity contribution in [2.45, 2.75) is 32.7 Å². The van der Waals surface area contributed by atoms with Crippen molar-refractivity contribution < 1.29 is 19.1 Å². The predicted molar refractivity (Wildman–Crippen MR) is 69.6 cm³/mol. The van der Waals surface area contributed by atoms with Crippen LogP contribution < -0.4 is 10.6 Å². The number of hydrogen-bond acceptors (Lipinski definition) is 2. The molecule has 19 heavy (non-hydrogen) atoms. The molecule has 0 aliphatic heterocycles. The van der Waals surface area contributed by atoms with Crippen molar-refractivity contribution in [3.05, 3.63) is 29.6 Å². The average Bonchev–Trinajstić information content (AvgIpc) is 2.33. The highest BCUT2D eigenvalue weighted by molar-refractivity contribution is 5.94. The second-order valence-electron chi connectivity index (χ2n) is 4.50. The van der Waals surface area contributed by atoms with Gasteiger partial charge in [0, 0.05) is 0 Å². The molecule has 6 heteroatoms. The number of rotatable bonds is 4. The number of carbonyl (C=O) groups is 2. The molecule has 1 unspecified atom stereocenters. The van der Waals surface area contributed by atoms with Gasteiger partial charge in [0.15, 0.2) is 0 Å². The van der Waals surface area contributed by atoms with Gasteiger partial charge in [-0.3, -0.25) is 0 Å². The van der Waals surface area contributed by atoms with E-state index in [2.05, 4.69) is 10.6 Å².